The molecule has 1 N–H and O–H groups in total. The lowest BCUT2D eigenvalue weighted by Gasteiger charge is -2.25. The van der Waals surface area contributed by atoms with Gasteiger partial charge >= 0.3 is 0 Å². The number of rotatable bonds is 4. The van der Waals surface area contributed by atoms with E-state index < -0.39 is 16.1 Å². The van der Waals surface area contributed by atoms with Crippen molar-refractivity contribution in [2.75, 3.05) is 26.0 Å². The smallest absolute Gasteiger partial charge is 0.243 e. The third-order valence-corrected chi connectivity index (χ3v) is 5.63. The Hall–Kier alpha value is -1.93. The van der Waals surface area contributed by atoms with Crippen LogP contribution in [0.3, 0.4) is 0 Å². The highest BCUT2D eigenvalue weighted by atomic mass is 32.2. The molecule has 0 aromatic heterocycles. The fourth-order valence-electron chi connectivity index (χ4n) is 2.62. The molecule has 1 aliphatic heterocycles. The molecule has 1 aromatic rings. The maximum Gasteiger partial charge on any atom is 0.243 e. The van der Waals surface area contributed by atoms with Crippen molar-refractivity contribution in [3.05, 3.63) is 24.3 Å². The number of hydrogen-bond acceptors (Lipinski definition) is 4. The van der Waals surface area contributed by atoms with Crippen LogP contribution in [-0.4, -0.2) is 56.1 Å². The monoisotopic (exact) mass is 339 g/mol. The number of carbonyl (C=O) groups is 2. The number of sulfonamides is 1. The van der Waals surface area contributed by atoms with Crippen LogP contribution in [0.25, 0.3) is 0 Å². The number of benzene rings is 1. The Bertz CT molecular complexity index is 698. The van der Waals surface area contributed by atoms with Crippen LogP contribution in [0.5, 0.6) is 0 Å². The van der Waals surface area contributed by atoms with Gasteiger partial charge in [0.05, 0.1) is 4.90 Å². The van der Waals surface area contributed by atoms with E-state index >= 15 is 0 Å². The Morgan fingerprint density at radius 1 is 1.22 bits per heavy atom. The molecule has 0 saturated carbocycles. The van der Waals surface area contributed by atoms with Gasteiger partial charge in [-0.3, -0.25) is 9.59 Å². The first-order chi connectivity index (χ1) is 10.7. The Morgan fingerprint density at radius 2 is 1.83 bits per heavy atom. The average Bonchev–Trinajstić information content (AvgIpc) is 2.96. The Kier molecular flexibility index (Phi) is 5.06. The summed E-state index contributed by atoms with van der Waals surface area (Å²) in [5.74, 6) is -0.433. The summed E-state index contributed by atoms with van der Waals surface area (Å²) in [5, 5.41) is 2.59. The van der Waals surface area contributed by atoms with Crippen LogP contribution in [0.15, 0.2) is 29.2 Å². The van der Waals surface area contributed by atoms with Crippen LogP contribution >= 0.6 is 0 Å². The molecule has 1 fully saturated rings. The number of amides is 2. The lowest BCUT2D eigenvalue weighted by molar-refractivity contribution is -0.132. The zero-order chi connectivity index (χ0) is 17.2. The molecule has 1 heterocycles. The molecule has 2 rings (SSSR count). The van der Waals surface area contributed by atoms with Crippen LogP contribution in [0.2, 0.25) is 0 Å². The van der Waals surface area contributed by atoms with Crippen molar-refractivity contribution in [3.63, 3.8) is 0 Å². The van der Waals surface area contributed by atoms with E-state index in [0.29, 0.717) is 25.1 Å². The van der Waals surface area contributed by atoms with E-state index in [1.807, 2.05) is 0 Å². The quantitative estimate of drug-likeness (QED) is 0.882. The van der Waals surface area contributed by atoms with Gasteiger partial charge in [0.1, 0.15) is 6.04 Å². The number of nitrogens with one attached hydrogen (secondary N) is 1. The van der Waals surface area contributed by atoms with Gasteiger partial charge in [0.25, 0.3) is 0 Å². The molecule has 0 radical (unpaired) electrons. The summed E-state index contributed by atoms with van der Waals surface area (Å²) in [6.07, 6.45) is 1.19. The van der Waals surface area contributed by atoms with Crippen molar-refractivity contribution in [3.8, 4) is 0 Å². The molecule has 7 nitrogen and oxygen atoms in total. The highest BCUT2D eigenvalue weighted by Gasteiger charge is 2.39. The predicted molar refractivity (Wildman–Crippen MR) is 86.4 cm³/mol. The van der Waals surface area contributed by atoms with Gasteiger partial charge in [-0.1, -0.05) is 0 Å². The minimum atomic E-state index is -3.74. The molecule has 8 heteroatoms. The van der Waals surface area contributed by atoms with E-state index in [0.717, 1.165) is 0 Å². The van der Waals surface area contributed by atoms with Crippen molar-refractivity contribution in [1.82, 2.24) is 9.21 Å². The van der Waals surface area contributed by atoms with Gasteiger partial charge in [-0.05, 0) is 37.1 Å². The second kappa shape index (κ2) is 6.67. The second-order valence-electron chi connectivity index (χ2n) is 5.71. The van der Waals surface area contributed by atoms with Gasteiger partial charge in [0.2, 0.25) is 21.8 Å². The largest absolute Gasteiger partial charge is 0.347 e. The molecule has 0 aliphatic carbocycles. The average molecular weight is 339 g/mol. The Morgan fingerprint density at radius 3 is 2.35 bits per heavy atom. The molecular weight excluding hydrogens is 318 g/mol. The van der Waals surface area contributed by atoms with E-state index in [4.69, 9.17) is 0 Å². The Labute approximate surface area is 136 Å². The van der Waals surface area contributed by atoms with E-state index in [-0.39, 0.29) is 16.7 Å². The summed E-state index contributed by atoms with van der Waals surface area (Å²) in [6, 6.07) is 5.30. The summed E-state index contributed by atoms with van der Waals surface area (Å²) in [6.45, 7) is 1.71. The van der Waals surface area contributed by atoms with Crippen molar-refractivity contribution in [2.24, 2.45) is 0 Å². The minimum absolute atomic E-state index is 0.116. The number of likely N-dealkylation sites (N-methyl/N-ethyl adjacent to an activating group) is 1. The molecule has 0 bridgehead atoms. The first-order valence-electron chi connectivity index (χ1n) is 7.34. The van der Waals surface area contributed by atoms with Crippen molar-refractivity contribution >= 4 is 27.5 Å². The minimum Gasteiger partial charge on any atom is -0.347 e. The number of nitrogens with zero attached hydrogens (tertiary/aromatic N) is 2. The molecule has 1 atom stereocenters. The van der Waals surface area contributed by atoms with E-state index in [1.165, 1.54) is 40.4 Å². The van der Waals surface area contributed by atoms with Crippen LogP contribution in [0, 0.1) is 0 Å². The first-order valence-corrected chi connectivity index (χ1v) is 8.78. The van der Waals surface area contributed by atoms with Crippen LogP contribution < -0.4 is 5.32 Å². The number of anilines is 1. The molecule has 1 saturated heterocycles. The van der Waals surface area contributed by atoms with Gasteiger partial charge in [-0.2, -0.15) is 4.31 Å². The molecule has 1 aliphatic rings. The first kappa shape index (κ1) is 17.4. The Balaban J connectivity index is 2.26. The molecule has 23 heavy (non-hydrogen) atoms. The lowest BCUT2D eigenvalue weighted by Crippen LogP contribution is -2.45. The summed E-state index contributed by atoms with van der Waals surface area (Å²) < 4.78 is 26.8. The van der Waals surface area contributed by atoms with Gasteiger partial charge in [-0.25, -0.2) is 8.42 Å². The highest BCUT2D eigenvalue weighted by Crippen LogP contribution is 2.27. The predicted octanol–water partition coefficient (Wildman–Crippen LogP) is 0.886. The van der Waals surface area contributed by atoms with Crippen LogP contribution in [-0.2, 0) is 19.6 Å². The summed E-state index contributed by atoms with van der Waals surface area (Å²) in [5.41, 5.74) is 0.527. The van der Waals surface area contributed by atoms with Gasteiger partial charge < -0.3 is 10.2 Å². The molecule has 1 aromatic carbocycles. The van der Waals surface area contributed by atoms with Crippen LogP contribution in [0.1, 0.15) is 19.8 Å². The topological polar surface area (TPSA) is 86.8 Å². The highest BCUT2D eigenvalue weighted by molar-refractivity contribution is 7.89. The SMILES string of the molecule is CC(=O)Nc1ccc(S(=O)(=O)N2CCCC2C(=O)N(C)C)cc1. The maximum absolute atomic E-state index is 12.8. The fraction of sp³-hybridized carbons (Fsp3) is 0.467. The van der Waals surface area contributed by atoms with E-state index in [1.54, 1.807) is 14.1 Å². The summed E-state index contributed by atoms with van der Waals surface area (Å²) >= 11 is 0. The molecule has 0 spiro atoms. The standard InChI is InChI=1S/C15H21N3O4S/c1-11(19)16-12-6-8-13(9-7-12)23(21,22)18-10-4-5-14(18)15(20)17(2)3/h6-9,14H,4-5,10H2,1-3H3,(H,16,19). The van der Waals surface area contributed by atoms with Crippen molar-refractivity contribution in [1.29, 1.82) is 0 Å². The molecule has 1 unspecified atom stereocenters. The van der Waals surface area contributed by atoms with Crippen LogP contribution in [0.4, 0.5) is 5.69 Å². The lowest BCUT2D eigenvalue weighted by atomic mass is 10.2. The zero-order valence-corrected chi connectivity index (χ0v) is 14.3. The van der Waals surface area contributed by atoms with Gasteiger partial charge in [-0.15, -0.1) is 0 Å². The molecular formula is C15H21N3O4S. The third-order valence-electron chi connectivity index (χ3n) is 3.71. The second-order valence-corrected chi connectivity index (χ2v) is 7.60. The van der Waals surface area contributed by atoms with Gasteiger partial charge in [0.15, 0.2) is 0 Å². The normalized spacial score (nSPS) is 18.7. The number of carbonyl (C=O) groups excluding carboxylic acids is 2. The van der Waals surface area contributed by atoms with Gasteiger partial charge in [0, 0.05) is 33.3 Å². The fourth-order valence-corrected chi connectivity index (χ4v) is 4.27. The molecule has 2 amide bonds. The number of hydrogen-bond donors (Lipinski definition) is 1. The maximum atomic E-state index is 12.8. The zero-order valence-electron chi connectivity index (χ0n) is 13.4. The summed E-state index contributed by atoms with van der Waals surface area (Å²) in [7, 11) is -0.501. The van der Waals surface area contributed by atoms with E-state index in [2.05, 4.69) is 5.32 Å². The third kappa shape index (κ3) is 3.70. The van der Waals surface area contributed by atoms with Crippen molar-refractivity contribution in [2.45, 2.75) is 30.7 Å². The summed E-state index contributed by atoms with van der Waals surface area (Å²) in [4.78, 5) is 24.7. The molecule has 126 valence electrons. The van der Waals surface area contributed by atoms with Crippen molar-refractivity contribution < 1.29 is 18.0 Å². The van der Waals surface area contributed by atoms with E-state index in [9.17, 15) is 18.0 Å².